The number of nitrogens with zero attached hydrogens (tertiary/aromatic N) is 3. The number of unbranched alkanes of at least 4 members (excludes halogenated alkanes) is 1. The van der Waals surface area contributed by atoms with E-state index in [1.54, 1.807) is 0 Å². The van der Waals surface area contributed by atoms with Gasteiger partial charge in [-0.05, 0) is 44.5 Å². The van der Waals surface area contributed by atoms with Gasteiger partial charge >= 0.3 is 0 Å². The molecule has 21 heavy (non-hydrogen) atoms. The van der Waals surface area contributed by atoms with Gasteiger partial charge in [0.2, 0.25) is 0 Å². The summed E-state index contributed by atoms with van der Waals surface area (Å²) in [6.45, 7) is 6.88. The molecule has 0 unspecified atom stereocenters. The Morgan fingerprint density at radius 2 is 2.00 bits per heavy atom. The van der Waals surface area contributed by atoms with Crippen LogP contribution in [-0.4, -0.2) is 34.1 Å². The molecule has 0 bridgehead atoms. The van der Waals surface area contributed by atoms with Crippen LogP contribution in [0.3, 0.4) is 0 Å². The summed E-state index contributed by atoms with van der Waals surface area (Å²) < 4.78 is 2.39. The van der Waals surface area contributed by atoms with E-state index in [-0.39, 0.29) is 0 Å². The Morgan fingerprint density at radius 1 is 1.19 bits per heavy atom. The molecule has 2 heterocycles. The molecular formula is C17H26N4. The zero-order valence-corrected chi connectivity index (χ0v) is 13.0. The molecule has 2 aromatic rings. The molecule has 4 nitrogen and oxygen atoms in total. The molecule has 0 aliphatic carbocycles. The maximum absolute atomic E-state index is 6.10. The number of imidazole rings is 1. The van der Waals surface area contributed by atoms with E-state index in [2.05, 4.69) is 22.5 Å². The fourth-order valence-electron chi connectivity index (χ4n) is 3.24. The molecule has 1 aliphatic heterocycles. The number of likely N-dealkylation sites (tertiary alicyclic amines) is 1. The normalized spacial score (nSPS) is 16.0. The van der Waals surface area contributed by atoms with E-state index in [9.17, 15) is 0 Å². The van der Waals surface area contributed by atoms with Crippen LogP contribution in [-0.2, 0) is 13.0 Å². The van der Waals surface area contributed by atoms with Gasteiger partial charge in [-0.15, -0.1) is 0 Å². The monoisotopic (exact) mass is 286 g/mol. The molecule has 0 saturated carbocycles. The van der Waals surface area contributed by atoms with Gasteiger partial charge in [0.25, 0.3) is 0 Å². The van der Waals surface area contributed by atoms with Crippen LogP contribution in [0.2, 0.25) is 0 Å². The Bertz CT molecular complexity index is 596. The minimum Gasteiger partial charge on any atom is -0.397 e. The number of hydrogen-bond donors (Lipinski definition) is 1. The van der Waals surface area contributed by atoms with Crippen molar-refractivity contribution in [3.8, 4) is 0 Å². The number of benzene rings is 1. The number of fused-ring (bicyclic) bond motifs is 1. The van der Waals surface area contributed by atoms with Crippen LogP contribution in [0.4, 0.5) is 5.69 Å². The molecule has 2 N–H and O–H groups in total. The maximum atomic E-state index is 6.10. The SMILES string of the molecule is CCCCc1nc2c(N)cccc2n1CCN1CCCC1. The first kappa shape index (κ1) is 14.4. The third-order valence-electron chi connectivity index (χ3n) is 4.48. The summed E-state index contributed by atoms with van der Waals surface area (Å²) in [6, 6.07) is 6.14. The lowest BCUT2D eigenvalue weighted by Crippen LogP contribution is -2.24. The minimum atomic E-state index is 0.796. The zero-order chi connectivity index (χ0) is 14.7. The highest BCUT2D eigenvalue weighted by Gasteiger charge is 2.15. The molecule has 1 aromatic heterocycles. The van der Waals surface area contributed by atoms with Gasteiger partial charge in [-0.2, -0.15) is 0 Å². The molecular weight excluding hydrogens is 260 g/mol. The number of hydrogen-bond acceptors (Lipinski definition) is 3. The summed E-state index contributed by atoms with van der Waals surface area (Å²) in [5.74, 6) is 1.20. The van der Waals surface area contributed by atoms with E-state index >= 15 is 0 Å². The van der Waals surface area contributed by atoms with Gasteiger partial charge in [-0.1, -0.05) is 19.4 Å². The van der Waals surface area contributed by atoms with E-state index in [4.69, 9.17) is 10.7 Å². The first-order valence-electron chi connectivity index (χ1n) is 8.25. The fraction of sp³-hybridized carbons (Fsp3) is 0.588. The summed E-state index contributed by atoms with van der Waals surface area (Å²) in [5.41, 5.74) is 9.07. The molecule has 114 valence electrons. The Hall–Kier alpha value is -1.55. The van der Waals surface area contributed by atoms with Gasteiger partial charge in [-0.3, -0.25) is 0 Å². The Kier molecular flexibility index (Phi) is 4.44. The largest absolute Gasteiger partial charge is 0.397 e. The Morgan fingerprint density at radius 3 is 2.76 bits per heavy atom. The molecule has 1 aromatic carbocycles. The number of aromatic nitrogens is 2. The van der Waals surface area contributed by atoms with Gasteiger partial charge in [0.15, 0.2) is 0 Å². The van der Waals surface area contributed by atoms with Crippen molar-refractivity contribution < 1.29 is 0 Å². The van der Waals surface area contributed by atoms with Gasteiger partial charge in [0.05, 0.1) is 11.2 Å². The predicted molar refractivity (Wildman–Crippen MR) is 88.4 cm³/mol. The van der Waals surface area contributed by atoms with Crippen LogP contribution >= 0.6 is 0 Å². The van der Waals surface area contributed by atoms with Crippen molar-refractivity contribution in [2.24, 2.45) is 0 Å². The van der Waals surface area contributed by atoms with Crippen molar-refractivity contribution in [1.82, 2.24) is 14.5 Å². The lowest BCUT2D eigenvalue weighted by Gasteiger charge is -2.16. The highest BCUT2D eigenvalue weighted by Crippen LogP contribution is 2.23. The molecule has 0 amide bonds. The van der Waals surface area contributed by atoms with E-state index < -0.39 is 0 Å². The lowest BCUT2D eigenvalue weighted by molar-refractivity contribution is 0.322. The summed E-state index contributed by atoms with van der Waals surface area (Å²) in [7, 11) is 0. The number of nitrogen functional groups attached to an aromatic ring is 1. The number of anilines is 1. The first-order valence-corrected chi connectivity index (χ1v) is 8.25. The third-order valence-corrected chi connectivity index (χ3v) is 4.48. The van der Waals surface area contributed by atoms with E-state index in [0.717, 1.165) is 30.7 Å². The van der Waals surface area contributed by atoms with Crippen LogP contribution in [0.25, 0.3) is 11.0 Å². The third kappa shape index (κ3) is 3.05. The number of aryl methyl sites for hydroxylation is 1. The maximum Gasteiger partial charge on any atom is 0.112 e. The predicted octanol–water partition coefficient (Wildman–Crippen LogP) is 3.06. The number of nitrogens with two attached hydrogens (primary N) is 1. The first-order chi connectivity index (χ1) is 10.3. The minimum absolute atomic E-state index is 0.796. The summed E-state index contributed by atoms with van der Waals surface area (Å²) in [4.78, 5) is 7.37. The van der Waals surface area contributed by atoms with Crippen molar-refractivity contribution in [2.75, 3.05) is 25.4 Å². The topological polar surface area (TPSA) is 47.1 Å². The standard InChI is InChI=1S/C17H26N4/c1-2-3-9-16-19-17-14(18)7-6-8-15(17)21(16)13-12-20-10-4-5-11-20/h6-8H,2-5,9-13,18H2,1H3. The average Bonchev–Trinajstić information content (AvgIpc) is 3.11. The quantitative estimate of drug-likeness (QED) is 0.830. The second kappa shape index (κ2) is 6.48. The van der Waals surface area contributed by atoms with Crippen molar-refractivity contribution in [1.29, 1.82) is 0 Å². The van der Waals surface area contributed by atoms with Crippen molar-refractivity contribution in [2.45, 2.75) is 45.6 Å². The van der Waals surface area contributed by atoms with Crippen LogP contribution in [0.5, 0.6) is 0 Å². The summed E-state index contributed by atoms with van der Waals surface area (Å²) in [6.07, 6.45) is 6.13. The molecule has 3 rings (SSSR count). The van der Waals surface area contributed by atoms with E-state index in [0.29, 0.717) is 0 Å². The Balaban J connectivity index is 1.86. The lowest BCUT2D eigenvalue weighted by atomic mass is 10.2. The van der Waals surface area contributed by atoms with Crippen molar-refractivity contribution in [3.05, 3.63) is 24.0 Å². The van der Waals surface area contributed by atoms with Crippen molar-refractivity contribution >= 4 is 16.7 Å². The highest BCUT2D eigenvalue weighted by molar-refractivity contribution is 5.87. The molecule has 1 fully saturated rings. The van der Waals surface area contributed by atoms with Crippen LogP contribution in [0.1, 0.15) is 38.4 Å². The summed E-state index contributed by atoms with van der Waals surface area (Å²) >= 11 is 0. The molecule has 1 saturated heterocycles. The second-order valence-corrected chi connectivity index (χ2v) is 6.05. The van der Waals surface area contributed by atoms with Gasteiger partial charge in [0.1, 0.15) is 11.3 Å². The molecule has 1 aliphatic rings. The second-order valence-electron chi connectivity index (χ2n) is 6.05. The van der Waals surface area contributed by atoms with Crippen molar-refractivity contribution in [3.63, 3.8) is 0 Å². The van der Waals surface area contributed by atoms with Crippen LogP contribution < -0.4 is 5.73 Å². The van der Waals surface area contributed by atoms with Gasteiger partial charge < -0.3 is 15.2 Å². The molecule has 0 atom stereocenters. The van der Waals surface area contributed by atoms with Crippen LogP contribution in [0, 0.1) is 0 Å². The number of para-hydroxylation sites is 1. The molecule has 4 heteroatoms. The van der Waals surface area contributed by atoms with E-state index in [1.165, 1.54) is 50.1 Å². The highest BCUT2D eigenvalue weighted by atomic mass is 15.2. The average molecular weight is 286 g/mol. The molecule has 0 radical (unpaired) electrons. The fourth-order valence-corrected chi connectivity index (χ4v) is 3.24. The molecule has 0 spiro atoms. The van der Waals surface area contributed by atoms with Gasteiger partial charge in [0, 0.05) is 19.5 Å². The zero-order valence-electron chi connectivity index (χ0n) is 13.0. The number of rotatable bonds is 6. The van der Waals surface area contributed by atoms with Gasteiger partial charge in [-0.25, -0.2) is 4.98 Å². The van der Waals surface area contributed by atoms with E-state index in [1.807, 2.05) is 12.1 Å². The summed E-state index contributed by atoms with van der Waals surface area (Å²) in [5, 5.41) is 0. The Labute approximate surface area is 126 Å². The smallest absolute Gasteiger partial charge is 0.112 e. The van der Waals surface area contributed by atoms with Crippen LogP contribution in [0.15, 0.2) is 18.2 Å².